The number of aryl methyl sites for hydroxylation is 1. The molecule has 1 heterocycles. The van der Waals surface area contributed by atoms with E-state index in [1.807, 2.05) is 25.1 Å². The van der Waals surface area contributed by atoms with Gasteiger partial charge in [-0.05, 0) is 30.2 Å². The number of nitrogens with one attached hydrogen (secondary N) is 2. The van der Waals surface area contributed by atoms with Gasteiger partial charge in [0.15, 0.2) is 11.5 Å². The second kappa shape index (κ2) is 8.64. The van der Waals surface area contributed by atoms with E-state index in [2.05, 4.69) is 10.6 Å². The lowest BCUT2D eigenvalue weighted by Gasteiger charge is -2.31. The monoisotopic (exact) mass is 397 g/mol. The van der Waals surface area contributed by atoms with E-state index >= 15 is 0 Å². The van der Waals surface area contributed by atoms with Gasteiger partial charge in [0.05, 0.1) is 19.9 Å². The van der Waals surface area contributed by atoms with Crippen molar-refractivity contribution in [3.8, 4) is 11.5 Å². The number of nitrogens with zero attached hydrogens (tertiary/aromatic N) is 1. The second-order valence-corrected chi connectivity index (χ2v) is 6.45. The minimum Gasteiger partial charge on any atom is -0.493 e. The predicted molar refractivity (Wildman–Crippen MR) is 108 cm³/mol. The summed E-state index contributed by atoms with van der Waals surface area (Å²) in [6, 6.07) is 11.5. The average molecular weight is 397 g/mol. The third kappa shape index (κ3) is 4.01. The normalized spacial score (nSPS) is 16.2. The number of carbonyl (C=O) groups excluding carboxylic acids is 3. The van der Waals surface area contributed by atoms with Crippen molar-refractivity contribution in [1.82, 2.24) is 5.32 Å². The molecule has 1 fully saturated rings. The van der Waals surface area contributed by atoms with Crippen LogP contribution in [-0.4, -0.2) is 38.6 Å². The molecular weight excluding hydrogens is 374 g/mol. The highest BCUT2D eigenvalue weighted by Gasteiger charge is 2.40. The summed E-state index contributed by atoms with van der Waals surface area (Å²) in [5.74, 6) is -1.29. The number of imide groups is 1. The molecule has 29 heavy (non-hydrogen) atoms. The second-order valence-electron chi connectivity index (χ2n) is 6.45. The van der Waals surface area contributed by atoms with Crippen molar-refractivity contribution in [2.24, 2.45) is 5.92 Å². The van der Waals surface area contributed by atoms with Gasteiger partial charge in [-0.15, -0.1) is 0 Å². The molecule has 2 aromatic carbocycles. The summed E-state index contributed by atoms with van der Waals surface area (Å²) in [5.41, 5.74) is 1.91. The SMILES string of the molecule is CCc1ccccc1NC(=O)C1CNC(=O)N(c2ccc(OC)c(OC)c2)C1=O. The first kappa shape index (κ1) is 20.2. The fourth-order valence-electron chi connectivity index (χ4n) is 3.20. The van der Waals surface area contributed by atoms with E-state index in [1.165, 1.54) is 20.3 Å². The van der Waals surface area contributed by atoms with Gasteiger partial charge in [-0.1, -0.05) is 25.1 Å². The lowest BCUT2D eigenvalue weighted by molar-refractivity contribution is -0.130. The molecule has 1 unspecified atom stereocenters. The molecule has 0 spiro atoms. The molecule has 152 valence electrons. The van der Waals surface area contributed by atoms with E-state index in [0.29, 0.717) is 17.2 Å². The number of urea groups is 1. The molecule has 8 nitrogen and oxygen atoms in total. The molecule has 0 bridgehead atoms. The van der Waals surface area contributed by atoms with Crippen molar-refractivity contribution in [2.75, 3.05) is 31.0 Å². The third-order valence-electron chi connectivity index (χ3n) is 4.78. The fraction of sp³-hybridized carbons (Fsp3) is 0.286. The van der Waals surface area contributed by atoms with E-state index in [1.54, 1.807) is 18.2 Å². The third-order valence-corrected chi connectivity index (χ3v) is 4.78. The molecule has 2 N–H and O–H groups in total. The lowest BCUT2D eigenvalue weighted by Crippen LogP contribution is -2.58. The Morgan fingerprint density at radius 1 is 1.14 bits per heavy atom. The Bertz CT molecular complexity index is 944. The summed E-state index contributed by atoms with van der Waals surface area (Å²) in [5, 5.41) is 5.41. The first-order valence-corrected chi connectivity index (χ1v) is 9.22. The van der Waals surface area contributed by atoms with Crippen molar-refractivity contribution < 1.29 is 23.9 Å². The molecule has 0 saturated carbocycles. The van der Waals surface area contributed by atoms with Crippen LogP contribution in [0.5, 0.6) is 11.5 Å². The Labute approximate surface area is 168 Å². The molecule has 1 aliphatic rings. The van der Waals surface area contributed by atoms with Crippen LogP contribution in [0, 0.1) is 5.92 Å². The number of hydrogen-bond acceptors (Lipinski definition) is 5. The van der Waals surface area contributed by atoms with Crippen LogP contribution >= 0.6 is 0 Å². The van der Waals surface area contributed by atoms with Crippen molar-refractivity contribution in [3.05, 3.63) is 48.0 Å². The number of hydrogen-bond donors (Lipinski definition) is 2. The van der Waals surface area contributed by atoms with E-state index in [0.717, 1.165) is 16.9 Å². The number of methoxy groups -OCH3 is 2. The van der Waals surface area contributed by atoms with E-state index in [4.69, 9.17) is 9.47 Å². The Morgan fingerprint density at radius 2 is 1.86 bits per heavy atom. The van der Waals surface area contributed by atoms with Gasteiger partial charge >= 0.3 is 6.03 Å². The standard InChI is InChI=1S/C21H23N3O5/c1-4-13-7-5-6-8-16(13)23-19(25)15-12-22-21(27)24(20(15)26)14-9-10-17(28-2)18(11-14)29-3/h5-11,15H,4,12H2,1-3H3,(H,22,27)(H,23,25). The highest BCUT2D eigenvalue weighted by atomic mass is 16.5. The first-order chi connectivity index (χ1) is 14.0. The zero-order chi connectivity index (χ0) is 21.0. The molecule has 0 aliphatic carbocycles. The minimum atomic E-state index is -1.05. The number of amides is 4. The van der Waals surface area contributed by atoms with Crippen molar-refractivity contribution in [2.45, 2.75) is 13.3 Å². The minimum absolute atomic E-state index is 0.0679. The zero-order valence-electron chi connectivity index (χ0n) is 16.5. The lowest BCUT2D eigenvalue weighted by atomic mass is 10.0. The van der Waals surface area contributed by atoms with E-state index in [9.17, 15) is 14.4 Å². The van der Waals surface area contributed by atoms with Gasteiger partial charge in [0, 0.05) is 18.3 Å². The van der Waals surface area contributed by atoms with Gasteiger partial charge in [0.25, 0.3) is 0 Å². The van der Waals surface area contributed by atoms with E-state index in [-0.39, 0.29) is 12.2 Å². The summed E-state index contributed by atoms with van der Waals surface area (Å²) < 4.78 is 10.4. The summed E-state index contributed by atoms with van der Waals surface area (Å²) in [6.07, 6.45) is 0.740. The van der Waals surface area contributed by atoms with Gasteiger partial charge in [-0.2, -0.15) is 0 Å². The number of para-hydroxylation sites is 1. The van der Waals surface area contributed by atoms with Crippen LogP contribution in [0.15, 0.2) is 42.5 Å². The molecule has 2 aromatic rings. The first-order valence-electron chi connectivity index (χ1n) is 9.22. The van der Waals surface area contributed by atoms with Crippen LogP contribution in [0.3, 0.4) is 0 Å². The Morgan fingerprint density at radius 3 is 2.55 bits per heavy atom. The maximum Gasteiger partial charge on any atom is 0.328 e. The number of anilines is 2. The molecule has 1 aliphatic heterocycles. The molecule has 4 amide bonds. The molecular formula is C21H23N3O5. The number of ether oxygens (including phenoxy) is 2. The van der Waals surface area contributed by atoms with Gasteiger partial charge < -0.3 is 20.1 Å². The van der Waals surface area contributed by atoms with Crippen LogP contribution in [0.1, 0.15) is 12.5 Å². The Hall–Kier alpha value is -3.55. The maximum absolute atomic E-state index is 13.0. The van der Waals surface area contributed by atoms with Gasteiger partial charge in [-0.25, -0.2) is 9.69 Å². The smallest absolute Gasteiger partial charge is 0.328 e. The van der Waals surface area contributed by atoms with Gasteiger partial charge in [0.2, 0.25) is 11.8 Å². The van der Waals surface area contributed by atoms with Gasteiger partial charge in [-0.3, -0.25) is 9.59 Å². The van der Waals surface area contributed by atoms with E-state index < -0.39 is 23.8 Å². The number of benzene rings is 2. The summed E-state index contributed by atoms with van der Waals surface area (Å²) >= 11 is 0. The quantitative estimate of drug-likeness (QED) is 0.731. The van der Waals surface area contributed by atoms with Crippen molar-refractivity contribution >= 4 is 29.2 Å². The highest BCUT2D eigenvalue weighted by molar-refractivity contribution is 6.23. The molecule has 1 atom stereocenters. The summed E-state index contributed by atoms with van der Waals surface area (Å²) in [7, 11) is 2.95. The number of carbonyl (C=O) groups is 3. The zero-order valence-corrected chi connectivity index (χ0v) is 16.5. The topological polar surface area (TPSA) is 97.0 Å². The van der Waals surface area contributed by atoms with Crippen molar-refractivity contribution in [3.63, 3.8) is 0 Å². The van der Waals surface area contributed by atoms with Crippen molar-refractivity contribution in [1.29, 1.82) is 0 Å². The maximum atomic E-state index is 13.0. The van der Waals surface area contributed by atoms with Crippen LogP contribution in [0.25, 0.3) is 0 Å². The highest BCUT2D eigenvalue weighted by Crippen LogP contribution is 2.33. The van der Waals surface area contributed by atoms with Crippen LogP contribution < -0.4 is 25.0 Å². The van der Waals surface area contributed by atoms with Crippen LogP contribution in [0.2, 0.25) is 0 Å². The molecule has 0 aromatic heterocycles. The fourth-order valence-corrected chi connectivity index (χ4v) is 3.20. The predicted octanol–water partition coefficient (Wildman–Crippen LogP) is 2.58. The summed E-state index contributed by atoms with van der Waals surface area (Å²) in [6.45, 7) is 1.91. The van der Waals surface area contributed by atoms with Crippen LogP contribution in [-0.2, 0) is 16.0 Å². The number of rotatable bonds is 6. The Balaban J connectivity index is 1.85. The molecule has 0 radical (unpaired) electrons. The molecule has 8 heteroatoms. The summed E-state index contributed by atoms with van der Waals surface area (Å²) in [4.78, 5) is 39.1. The molecule has 1 saturated heterocycles. The largest absolute Gasteiger partial charge is 0.493 e. The van der Waals surface area contributed by atoms with Gasteiger partial charge in [0.1, 0.15) is 5.92 Å². The Kier molecular flexibility index (Phi) is 6.01. The van der Waals surface area contributed by atoms with Crippen LogP contribution in [0.4, 0.5) is 16.2 Å². The average Bonchev–Trinajstić information content (AvgIpc) is 2.73. The molecule has 3 rings (SSSR count).